The van der Waals surface area contributed by atoms with Crippen molar-refractivity contribution in [1.29, 1.82) is 0 Å². The van der Waals surface area contributed by atoms with Crippen LogP contribution in [-0.2, 0) is 11.3 Å². The van der Waals surface area contributed by atoms with Crippen LogP contribution in [0.2, 0.25) is 0 Å². The molecular weight excluding hydrogens is 277 g/mol. The van der Waals surface area contributed by atoms with Gasteiger partial charge in [0.25, 0.3) is 5.91 Å². The van der Waals surface area contributed by atoms with Gasteiger partial charge in [0.05, 0.1) is 6.54 Å². The Hall–Kier alpha value is -2.68. The number of amides is 1. The first-order chi connectivity index (χ1) is 10.8. The zero-order valence-corrected chi connectivity index (χ0v) is 12.1. The Morgan fingerprint density at radius 3 is 2.27 bits per heavy atom. The second-order valence-electron chi connectivity index (χ2n) is 5.13. The number of carbonyl (C=O) groups is 1. The van der Waals surface area contributed by atoms with E-state index in [1.54, 1.807) is 0 Å². The first kappa shape index (κ1) is 14.3. The quantitative estimate of drug-likeness (QED) is 0.700. The number of halogens is 1. The van der Waals surface area contributed by atoms with Crippen molar-refractivity contribution >= 4 is 22.4 Å². The van der Waals surface area contributed by atoms with E-state index in [0.717, 1.165) is 16.3 Å². The van der Waals surface area contributed by atoms with Gasteiger partial charge in [0, 0.05) is 5.69 Å². The second kappa shape index (κ2) is 6.39. The molecule has 110 valence electrons. The maximum atomic E-state index is 12.9. The van der Waals surface area contributed by atoms with Crippen LogP contribution < -0.4 is 4.90 Å². The molecule has 0 spiro atoms. The lowest BCUT2D eigenvalue weighted by atomic mass is 10.1. The van der Waals surface area contributed by atoms with Crippen LogP contribution in [0.15, 0.2) is 72.8 Å². The fraction of sp³-hybridized carbons (Fsp3) is 0.105. The summed E-state index contributed by atoms with van der Waals surface area (Å²) in [6.07, 6.45) is 0. The smallest absolute Gasteiger partial charge is 0.258 e. The first-order valence-corrected chi connectivity index (χ1v) is 7.17. The molecule has 3 aromatic rings. The van der Waals surface area contributed by atoms with Crippen LogP contribution in [0.4, 0.5) is 10.1 Å². The maximum absolute atomic E-state index is 12.9. The van der Waals surface area contributed by atoms with Crippen molar-refractivity contribution in [1.82, 2.24) is 0 Å². The Morgan fingerprint density at radius 1 is 0.864 bits per heavy atom. The molecule has 0 aliphatic carbocycles. The fourth-order valence-corrected chi connectivity index (χ4v) is 2.51. The van der Waals surface area contributed by atoms with Crippen molar-refractivity contribution in [2.24, 2.45) is 0 Å². The fourth-order valence-electron chi connectivity index (χ4n) is 2.51. The molecule has 0 fully saturated rings. The minimum atomic E-state index is -1.00. The molecule has 0 bridgehead atoms. The molecule has 0 saturated carbocycles. The van der Waals surface area contributed by atoms with Gasteiger partial charge >= 0.3 is 0 Å². The van der Waals surface area contributed by atoms with Gasteiger partial charge in [0.2, 0.25) is 0 Å². The Bertz CT molecular complexity index is 786. The average Bonchev–Trinajstić information content (AvgIpc) is 2.59. The lowest BCUT2D eigenvalue weighted by Crippen LogP contribution is -2.31. The summed E-state index contributed by atoms with van der Waals surface area (Å²) < 4.78 is 12.9. The van der Waals surface area contributed by atoms with Crippen LogP contribution in [0.1, 0.15) is 5.56 Å². The van der Waals surface area contributed by atoms with Crippen molar-refractivity contribution in [2.45, 2.75) is 6.54 Å². The number of anilines is 1. The topological polar surface area (TPSA) is 20.3 Å². The molecule has 0 N–H and O–H groups in total. The number of fused-ring (bicyclic) bond motifs is 1. The monoisotopic (exact) mass is 293 g/mol. The van der Waals surface area contributed by atoms with Gasteiger partial charge in [-0.1, -0.05) is 60.7 Å². The average molecular weight is 293 g/mol. The van der Waals surface area contributed by atoms with Crippen LogP contribution >= 0.6 is 0 Å². The zero-order valence-electron chi connectivity index (χ0n) is 12.1. The molecule has 3 rings (SSSR count). The van der Waals surface area contributed by atoms with Gasteiger partial charge in [-0.3, -0.25) is 4.79 Å². The van der Waals surface area contributed by atoms with Gasteiger partial charge in [0.1, 0.15) is 0 Å². The van der Waals surface area contributed by atoms with E-state index in [4.69, 9.17) is 0 Å². The van der Waals surface area contributed by atoms with Crippen molar-refractivity contribution in [2.75, 3.05) is 11.6 Å². The van der Waals surface area contributed by atoms with Gasteiger partial charge in [-0.15, -0.1) is 0 Å². The standard InChI is InChI=1S/C19H16FNO/c20-13-19(22)21(14-15-6-2-1-3-7-15)18-11-10-16-8-4-5-9-17(16)12-18/h1-12H,13-14H2. The number of hydrogen-bond acceptors (Lipinski definition) is 1. The van der Waals surface area contributed by atoms with Crippen molar-refractivity contribution in [3.05, 3.63) is 78.4 Å². The minimum absolute atomic E-state index is 0.363. The van der Waals surface area contributed by atoms with Crippen LogP contribution in [0, 0.1) is 0 Å². The molecule has 0 unspecified atom stereocenters. The number of nitrogens with zero attached hydrogens (tertiary/aromatic N) is 1. The summed E-state index contributed by atoms with van der Waals surface area (Å²) in [5.41, 5.74) is 1.68. The second-order valence-corrected chi connectivity index (χ2v) is 5.13. The normalized spacial score (nSPS) is 10.6. The SMILES string of the molecule is O=C(CF)N(Cc1ccccc1)c1ccc2ccccc2c1. The van der Waals surface area contributed by atoms with Crippen molar-refractivity contribution < 1.29 is 9.18 Å². The number of carbonyl (C=O) groups excluding carboxylic acids is 1. The van der Waals surface area contributed by atoms with Crippen molar-refractivity contribution in [3.8, 4) is 0 Å². The van der Waals surface area contributed by atoms with Crippen LogP contribution in [-0.4, -0.2) is 12.6 Å². The van der Waals surface area contributed by atoms with Gasteiger partial charge in [0.15, 0.2) is 6.67 Å². The Morgan fingerprint density at radius 2 is 1.55 bits per heavy atom. The molecule has 3 heteroatoms. The molecule has 3 aromatic carbocycles. The summed E-state index contributed by atoms with van der Waals surface area (Å²) in [6.45, 7) is -0.637. The number of alkyl halides is 1. The summed E-state index contributed by atoms with van der Waals surface area (Å²) >= 11 is 0. The Balaban J connectivity index is 1.98. The van der Waals surface area contributed by atoms with Crippen LogP contribution in [0.5, 0.6) is 0 Å². The number of benzene rings is 3. The summed E-state index contributed by atoms with van der Waals surface area (Å²) in [7, 11) is 0. The highest BCUT2D eigenvalue weighted by molar-refractivity contribution is 5.97. The summed E-state index contributed by atoms with van der Waals surface area (Å²) in [4.78, 5) is 13.5. The van der Waals surface area contributed by atoms with Gasteiger partial charge in [-0.05, 0) is 28.5 Å². The predicted molar refractivity (Wildman–Crippen MR) is 87.6 cm³/mol. The third-order valence-corrected chi connectivity index (χ3v) is 3.64. The van der Waals surface area contributed by atoms with E-state index < -0.39 is 12.6 Å². The van der Waals surface area contributed by atoms with E-state index in [2.05, 4.69) is 0 Å². The van der Waals surface area contributed by atoms with Gasteiger partial charge in [-0.2, -0.15) is 0 Å². The van der Waals surface area contributed by atoms with Gasteiger partial charge < -0.3 is 4.90 Å². The predicted octanol–water partition coefficient (Wildman–Crippen LogP) is 4.34. The van der Waals surface area contributed by atoms with Crippen molar-refractivity contribution in [3.63, 3.8) is 0 Å². The molecule has 0 saturated heterocycles. The van der Waals surface area contributed by atoms with Gasteiger partial charge in [-0.25, -0.2) is 4.39 Å². The van der Waals surface area contributed by atoms with E-state index in [1.165, 1.54) is 4.90 Å². The molecule has 2 nitrogen and oxygen atoms in total. The molecule has 0 aliphatic heterocycles. The molecule has 0 heterocycles. The van der Waals surface area contributed by atoms with E-state index in [9.17, 15) is 9.18 Å². The molecule has 22 heavy (non-hydrogen) atoms. The summed E-state index contributed by atoms with van der Waals surface area (Å²) in [5, 5.41) is 2.13. The third-order valence-electron chi connectivity index (χ3n) is 3.64. The lowest BCUT2D eigenvalue weighted by Gasteiger charge is -2.22. The van der Waals surface area contributed by atoms with E-state index in [1.807, 2.05) is 72.8 Å². The summed E-state index contributed by atoms with van der Waals surface area (Å²) in [5.74, 6) is -0.529. The molecule has 0 aromatic heterocycles. The Kier molecular flexibility index (Phi) is 4.15. The number of rotatable bonds is 4. The highest BCUT2D eigenvalue weighted by atomic mass is 19.1. The highest BCUT2D eigenvalue weighted by Crippen LogP contribution is 2.24. The largest absolute Gasteiger partial charge is 0.306 e. The lowest BCUT2D eigenvalue weighted by molar-refractivity contribution is -0.119. The maximum Gasteiger partial charge on any atom is 0.258 e. The van der Waals surface area contributed by atoms with Crippen LogP contribution in [0.3, 0.4) is 0 Å². The number of hydrogen-bond donors (Lipinski definition) is 0. The molecule has 0 atom stereocenters. The zero-order chi connectivity index (χ0) is 15.4. The minimum Gasteiger partial charge on any atom is -0.306 e. The molecule has 0 aliphatic rings. The third kappa shape index (κ3) is 2.98. The highest BCUT2D eigenvalue weighted by Gasteiger charge is 2.16. The molecular formula is C19H16FNO. The van der Waals surface area contributed by atoms with E-state index >= 15 is 0 Å². The van der Waals surface area contributed by atoms with E-state index in [-0.39, 0.29) is 0 Å². The molecule has 1 amide bonds. The Labute approximate surface area is 128 Å². The first-order valence-electron chi connectivity index (χ1n) is 7.17. The molecule has 0 radical (unpaired) electrons. The van der Waals surface area contributed by atoms with Crippen LogP contribution in [0.25, 0.3) is 10.8 Å². The van der Waals surface area contributed by atoms with E-state index in [0.29, 0.717) is 12.2 Å². The summed E-state index contributed by atoms with van der Waals surface area (Å²) in [6, 6.07) is 23.2.